The van der Waals surface area contributed by atoms with Crippen LogP contribution >= 0.6 is 0 Å². The molecule has 0 saturated heterocycles. The van der Waals surface area contributed by atoms with Gasteiger partial charge in [0.1, 0.15) is 5.75 Å². The Kier molecular flexibility index (Phi) is 4.09. The molecule has 0 atom stereocenters. The molecule has 2 rings (SSSR count). The summed E-state index contributed by atoms with van der Waals surface area (Å²) in [7, 11) is 0. The number of aryl methyl sites for hydroxylation is 1. The van der Waals surface area contributed by atoms with Crippen LogP contribution in [0.15, 0.2) is 12.1 Å². The van der Waals surface area contributed by atoms with Gasteiger partial charge in [0, 0.05) is 18.3 Å². The molecule has 2 nitrogen and oxygen atoms in total. The summed E-state index contributed by atoms with van der Waals surface area (Å²) in [5, 5.41) is 3.38. The second-order valence-corrected chi connectivity index (χ2v) is 4.32. The van der Waals surface area contributed by atoms with Crippen molar-refractivity contribution in [3.8, 4) is 5.75 Å². The van der Waals surface area contributed by atoms with Gasteiger partial charge < -0.3 is 10.1 Å². The lowest BCUT2D eigenvalue weighted by Gasteiger charge is -2.18. The van der Waals surface area contributed by atoms with Crippen LogP contribution in [0, 0.1) is 6.07 Å². The lowest BCUT2D eigenvalue weighted by atomic mass is 10.0. The van der Waals surface area contributed by atoms with Gasteiger partial charge in [0.25, 0.3) is 0 Å². The minimum absolute atomic E-state index is 0.816. The smallest absolute Gasteiger partial charge is 0.127 e. The molecule has 1 radical (unpaired) electrons. The van der Waals surface area contributed by atoms with E-state index < -0.39 is 0 Å². The van der Waals surface area contributed by atoms with Gasteiger partial charge in [-0.05, 0) is 37.0 Å². The highest BCUT2D eigenvalue weighted by molar-refractivity contribution is 5.55. The summed E-state index contributed by atoms with van der Waals surface area (Å²) in [5.74, 6) is 0.901. The lowest BCUT2D eigenvalue weighted by molar-refractivity contribution is 0.305. The van der Waals surface area contributed by atoms with Gasteiger partial charge in [0.15, 0.2) is 0 Å². The minimum atomic E-state index is 0.816. The fraction of sp³-hybridized carbons (Fsp3) is 0.571. The number of hydrogen-bond acceptors (Lipinski definition) is 2. The molecule has 1 aromatic rings. The van der Waals surface area contributed by atoms with Gasteiger partial charge in [0.05, 0.1) is 6.61 Å². The highest BCUT2D eigenvalue weighted by atomic mass is 16.5. The van der Waals surface area contributed by atoms with Crippen molar-refractivity contribution in [3.05, 3.63) is 23.8 Å². The highest BCUT2D eigenvalue weighted by Gasteiger charge is 2.09. The third kappa shape index (κ3) is 2.91. The molecule has 1 N–H and O–H groups in total. The average Bonchev–Trinajstić information content (AvgIpc) is 2.34. The van der Waals surface area contributed by atoms with Crippen LogP contribution in [-0.4, -0.2) is 13.2 Å². The van der Waals surface area contributed by atoms with Crippen LogP contribution in [0.3, 0.4) is 0 Å². The summed E-state index contributed by atoms with van der Waals surface area (Å²) in [4.78, 5) is 0. The largest absolute Gasteiger partial charge is 0.493 e. The van der Waals surface area contributed by atoms with Crippen molar-refractivity contribution in [2.75, 3.05) is 18.5 Å². The van der Waals surface area contributed by atoms with E-state index in [1.807, 2.05) is 6.07 Å². The predicted molar refractivity (Wildman–Crippen MR) is 67.1 cm³/mol. The zero-order valence-corrected chi connectivity index (χ0v) is 10.0. The predicted octanol–water partition coefficient (Wildman–Crippen LogP) is 3.41. The van der Waals surface area contributed by atoms with Crippen molar-refractivity contribution in [3.63, 3.8) is 0 Å². The third-order valence-corrected chi connectivity index (χ3v) is 2.95. The van der Waals surface area contributed by atoms with Crippen LogP contribution in [0.25, 0.3) is 0 Å². The number of benzene rings is 1. The van der Waals surface area contributed by atoms with Gasteiger partial charge in [-0.2, -0.15) is 0 Å². The Morgan fingerprint density at radius 2 is 2.38 bits per heavy atom. The molecule has 87 valence electrons. The Hall–Kier alpha value is -1.18. The molecule has 1 aliphatic rings. The lowest BCUT2D eigenvalue weighted by Crippen LogP contribution is -2.11. The topological polar surface area (TPSA) is 21.3 Å². The molecule has 0 fully saturated rings. The molecule has 1 aliphatic heterocycles. The molecule has 0 unspecified atom stereocenters. The fourth-order valence-electron chi connectivity index (χ4n) is 2.00. The number of unbranched alkanes of at least 4 members (excludes halogenated alkanes) is 2. The van der Waals surface area contributed by atoms with E-state index in [0.717, 1.165) is 31.7 Å². The Labute approximate surface area is 98.0 Å². The van der Waals surface area contributed by atoms with Crippen molar-refractivity contribution >= 4 is 5.69 Å². The summed E-state index contributed by atoms with van der Waals surface area (Å²) in [6, 6.07) is 7.34. The van der Waals surface area contributed by atoms with Gasteiger partial charge in [-0.1, -0.05) is 19.8 Å². The summed E-state index contributed by atoms with van der Waals surface area (Å²) in [6.07, 6.45) is 5.99. The molecule has 0 saturated carbocycles. The van der Waals surface area contributed by atoms with E-state index in [1.165, 1.54) is 30.5 Å². The van der Waals surface area contributed by atoms with Crippen molar-refractivity contribution < 1.29 is 4.74 Å². The van der Waals surface area contributed by atoms with Gasteiger partial charge in [-0.3, -0.25) is 0 Å². The molecule has 16 heavy (non-hydrogen) atoms. The number of fused-ring (bicyclic) bond motifs is 1. The van der Waals surface area contributed by atoms with Crippen molar-refractivity contribution in [1.82, 2.24) is 0 Å². The zero-order valence-electron chi connectivity index (χ0n) is 10.0. The number of nitrogens with one attached hydrogen (secondary N) is 1. The molecule has 0 spiro atoms. The molecular formula is C14H20NO. The van der Waals surface area contributed by atoms with E-state index in [0.29, 0.717) is 0 Å². The maximum Gasteiger partial charge on any atom is 0.127 e. The van der Waals surface area contributed by atoms with Crippen LogP contribution in [-0.2, 0) is 6.42 Å². The maximum absolute atomic E-state index is 5.69. The molecule has 2 heteroatoms. The van der Waals surface area contributed by atoms with Crippen LogP contribution in [0.4, 0.5) is 5.69 Å². The van der Waals surface area contributed by atoms with E-state index >= 15 is 0 Å². The average molecular weight is 218 g/mol. The van der Waals surface area contributed by atoms with Crippen molar-refractivity contribution in [2.45, 2.75) is 39.0 Å². The van der Waals surface area contributed by atoms with Gasteiger partial charge >= 0.3 is 0 Å². The fourth-order valence-corrected chi connectivity index (χ4v) is 2.00. The molecule has 1 heterocycles. The standard InChI is InChI=1S/C14H20NO/c1-2-3-4-10-16-13-7-8-14-12(11-13)6-5-9-15-14/h8,11,15H,2-6,9-10H2,1H3. The Morgan fingerprint density at radius 3 is 3.25 bits per heavy atom. The quantitative estimate of drug-likeness (QED) is 0.765. The molecule has 0 bridgehead atoms. The Balaban J connectivity index is 1.90. The van der Waals surface area contributed by atoms with E-state index in [9.17, 15) is 0 Å². The van der Waals surface area contributed by atoms with Crippen LogP contribution in [0.5, 0.6) is 5.75 Å². The number of anilines is 1. The van der Waals surface area contributed by atoms with E-state index in [-0.39, 0.29) is 0 Å². The molecular weight excluding hydrogens is 198 g/mol. The van der Waals surface area contributed by atoms with E-state index in [2.05, 4.69) is 24.4 Å². The number of ether oxygens (including phenoxy) is 1. The van der Waals surface area contributed by atoms with Crippen molar-refractivity contribution in [1.29, 1.82) is 0 Å². The van der Waals surface area contributed by atoms with Crippen LogP contribution < -0.4 is 10.1 Å². The highest BCUT2D eigenvalue weighted by Crippen LogP contribution is 2.25. The monoisotopic (exact) mass is 218 g/mol. The van der Waals surface area contributed by atoms with E-state index in [4.69, 9.17) is 4.74 Å². The number of rotatable bonds is 5. The SMILES string of the molecule is CCCCCOc1[c]cc2c(c1)CCCN2. The third-order valence-electron chi connectivity index (χ3n) is 2.95. The van der Waals surface area contributed by atoms with Gasteiger partial charge in [0.2, 0.25) is 0 Å². The second-order valence-electron chi connectivity index (χ2n) is 4.32. The molecule has 1 aromatic carbocycles. The Morgan fingerprint density at radius 1 is 1.44 bits per heavy atom. The number of hydrogen-bond donors (Lipinski definition) is 1. The van der Waals surface area contributed by atoms with Crippen LogP contribution in [0.1, 0.15) is 38.2 Å². The first kappa shape index (κ1) is 11.3. The summed E-state index contributed by atoms with van der Waals surface area (Å²) in [6.45, 7) is 4.10. The van der Waals surface area contributed by atoms with Gasteiger partial charge in [-0.25, -0.2) is 0 Å². The summed E-state index contributed by atoms with van der Waals surface area (Å²) in [5.41, 5.74) is 2.60. The van der Waals surface area contributed by atoms with Gasteiger partial charge in [-0.15, -0.1) is 0 Å². The van der Waals surface area contributed by atoms with Crippen molar-refractivity contribution in [2.24, 2.45) is 0 Å². The normalized spacial score (nSPS) is 14.1. The Bertz CT molecular complexity index is 336. The first-order chi connectivity index (χ1) is 7.90. The summed E-state index contributed by atoms with van der Waals surface area (Å²) >= 11 is 0. The maximum atomic E-state index is 5.69. The summed E-state index contributed by atoms with van der Waals surface area (Å²) < 4.78 is 5.69. The first-order valence-corrected chi connectivity index (χ1v) is 6.31. The zero-order chi connectivity index (χ0) is 11.2. The first-order valence-electron chi connectivity index (χ1n) is 6.31. The van der Waals surface area contributed by atoms with E-state index in [1.54, 1.807) is 0 Å². The minimum Gasteiger partial charge on any atom is -0.493 e. The second kappa shape index (κ2) is 5.78. The van der Waals surface area contributed by atoms with Crippen LogP contribution in [0.2, 0.25) is 0 Å². The molecule has 0 amide bonds. The molecule has 0 aliphatic carbocycles. The molecule has 0 aromatic heterocycles.